The molecule has 8 heteroatoms. The smallest absolute Gasteiger partial charge is 0.335 e. The lowest BCUT2D eigenvalue weighted by Gasteiger charge is -2.37. The average molecular weight is 437 g/mol. The van der Waals surface area contributed by atoms with Gasteiger partial charge in [-0.05, 0) is 42.8 Å². The second-order valence-electron chi connectivity index (χ2n) is 6.56. The molecule has 0 saturated heterocycles. The fourth-order valence-corrected chi connectivity index (χ4v) is 3.55. The van der Waals surface area contributed by atoms with Crippen molar-refractivity contribution >= 4 is 35.1 Å². The summed E-state index contributed by atoms with van der Waals surface area (Å²) in [6.07, 6.45) is 0.156. The van der Waals surface area contributed by atoms with E-state index in [2.05, 4.69) is 0 Å². The highest BCUT2D eigenvalue weighted by molar-refractivity contribution is 6.42. The van der Waals surface area contributed by atoms with E-state index in [-0.39, 0.29) is 36.2 Å². The monoisotopic (exact) mass is 436 g/mol. The third-order valence-electron chi connectivity index (χ3n) is 4.71. The molecule has 0 bridgehead atoms. The molecule has 1 heterocycles. The van der Waals surface area contributed by atoms with Gasteiger partial charge in [0.15, 0.2) is 0 Å². The minimum atomic E-state index is -0.524. The van der Waals surface area contributed by atoms with Gasteiger partial charge in [0.05, 0.1) is 34.8 Å². The highest BCUT2D eigenvalue weighted by Crippen LogP contribution is 2.35. The maximum atomic E-state index is 13.4. The Bertz CT molecular complexity index is 976. The Morgan fingerprint density at radius 2 is 1.86 bits per heavy atom. The maximum absolute atomic E-state index is 13.4. The van der Waals surface area contributed by atoms with Gasteiger partial charge in [0, 0.05) is 17.7 Å². The van der Waals surface area contributed by atoms with Crippen molar-refractivity contribution in [3.63, 3.8) is 0 Å². The van der Waals surface area contributed by atoms with Crippen LogP contribution in [0.2, 0.25) is 10.0 Å². The number of hydrogen-bond donors (Lipinski definition) is 1. The molecule has 2 aromatic carbocycles. The Kier molecular flexibility index (Phi) is 6.45. The molecule has 2 aromatic rings. The summed E-state index contributed by atoms with van der Waals surface area (Å²) in [5.41, 5.74) is 7.70. The van der Waals surface area contributed by atoms with Crippen LogP contribution in [-0.4, -0.2) is 29.9 Å². The van der Waals surface area contributed by atoms with Crippen molar-refractivity contribution in [1.82, 2.24) is 4.90 Å². The van der Waals surface area contributed by atoms with E-state index in [1.807, 2.05) is 0 Å². The summed E-state index contributed by atoms with van der Waals surface area (Å²) in [5, 5.41) is 0.588. The number of nitrogens with two attached hydrogens (primary N) is 1. The first-order valence-electron chi connectivity index (χ1n) is 8.98. The highest BCUT2D eigenvalue weighted by atomic mass is 35.5. The van der Waals surface area contributed by atoms with Crippen molar-refractivity contribution in [2.45, 2.75) is 19.4 Å². The molecule has 1 amide bonds. The van der Waals surface area contributed by atoms with Gasteiger partial charge in [-0.1, -0.05) is 35.3 Å². The summed E-state index contributed by atoms with van der Waals surface area (Å²) < 4.78 is 18.5. The Morgan fingerprint density at radius 3 is 2.48 bits per heavy atom. The van der Waals surface area contributed by atoms with Crippen LogP contribution in [-0.2, 0) is 9.53 Å². The zero-order chi connectivity index (χ0) is 21.1. The largest absolute Gasteiger partial charge is 0.463 e. The molecule has 2 N–H and O–H groups in total. The number of esters is 1. The SMILES string of the molecule is CCOC(=O)C1=C(N)CN(C(=O)c2ccc(Cl)c(Cl)c2)C(c2ccc(F)cc2)C1. The number of ether oxygens (including phenoxy) is 1. The van der Waals surface area contributed by atoms with Gasteiger partial charge in [0.1, 0.15) is 5.82 Å². The van der Waals surface area contributed by atoms with E-state index in [0.717, 1.165) is 0 Å². The zero-order valence-electron chi connectivity index (χ0n) is 15.6. The van der Waals surface area contributed by atoms with E-state index in [9.17, 15) is 14.0 Å². The molecule has 0 aliphatic carbocycles. The van der Waals surface area contributed by atoms with Crippen molar-refractivity contribution in [3.05, 3.63) is 80.7 Å². The second kappa shape index (κ2) is 8.84. The molecule has 0 spiro atoms. The molecule has 3 rings (SSSR count). The predicted molar refractivity (Wildman–Crippen MR) is 109 cm³/mol. The topological polar surface area (TPSA) is 72.6 Å². The fourth-order valence-electron chi connectivity index (χ4n) is 3.25. The van der Waals surface area contributed by atoms with E-state index in [1.54, 1.807) is 25.1 Å². The summed E-state index contributed by atoms with van der Waals surface area (Å²) in [7, 11) is 0. The van der Waals surface area contributed by atoms with Crippen LogP contribution in [0.3, 0.4) is 0 Å². The highest BCUT2D eigenvalue weighted by Gasteiger charge is 2.35. The first-order valence-corrected chi connectivity index (χ1v) is 9.73. The van der Waals surface area contributed by atoms with Crippen molar-refractivity contribution in [2.75, 3.05) is 13.2 Å². The molecule has 29 heavy (non-hydrogen) atoms. The van der Waals surface area contributed by atoms with Crippen molar-refractivity contribution in [1.29, 1.82) is 0 Å². The molecule has 0 radical (unpaired) electrons. The Balaban J connectivity index is 2.01. The van der Waals surface area contributed by atoms with Gasteiger partial charge >= 0.3 is 5.97 Å². The summed E-state index contributed by atoms with van der Waals surface area (Å²) in [4.78, 5) is 27.1. The first kappa shape index (κ1) is 21.1. The van der Waals surface area contributed by atoms with Crippen molar-refractivity contribution in [3.8, 4) is 0 Å². The van der Waals surface area contributed by atoms with E-state index < -0.39 is 17.8 Å². The minimum Gasteiger partial charge on any atom is -0.463 e. The van der Waals surface area contributed by atoms with Gasteiger partial charge in [0.2, 0.25) is 0 Å². The molecular formula is C21H19Cl2FN2O3. The molecule has 5 nitrogen and oxygen atoms in total. The number of carbonyl (C=O) groups excluding carboxylic acids is 2. The van der Waals surface area contributed by atoms with Crippen molar-refractivity contribution < 1.29 is 18.7 Å². The number of hydrogen-bond acceptors (Lipinski definition) is 4. The Morgan fingerprint density at radius 1 is 1.17 bits per heavy atom. The van der Waals surface area contributed by atoms with Gasteiger partial charge < -0.3 is 15.4 Å². The van der Waals surface area contributed by atoms with E-state index in [4.69, 9.17) is 33.7 Å². The molecule has 0 saturated carbocycles. The number of amides is 1. The molecule has 1 aliphatic heterocycles. The molecule has 1 unspecified atom stereocenters. The van der Waals surface area contributed by atoms with Crippen LogP contribution in [0.1, 0.15) is 35.3 Å². The lowest BCUT2D eigenvalue weighted by molar-refractivity contribution is -0.139. The normalized spacial score (nSPS) is 16.7. The van der Waals surface area contributed by atoms with E-state index in [0.29, 0.717) is 21.7 Å². The van der Waals surface area contributed by atoms with Crippen LogP contribution in [0.15, 0.2) is 53.7 Å². The quantitative estimate of drug-likeness (QED) is 0.716. The van der Waals surface area contributed by atoms with Crippen LogP contribution in [0, 0.1) is 5.82 Å². The van der Waals surface area contributed by atoms with Crippen LogP contribution >= 0.6 is 23.2 Å². The maximum Gasteiger partial charge on any atom is 0.335 e. The zero-order valence-corrected chi connectivity index (χ0v) is 17.1. The number of rotatable bonds is 4. The number of carbonyl (C=O) groups is 2. The fraction of sp³-hybridized carbons (Fsp3) is 0.238. The number of nitrogens with zero attached hydrogens (tertiary/aromatic N) is 1. The van der Waals surface area contributed by atoms with E-state index in [1.165, 1.54) is 29.2 Å². The second-order valence-corrected chi connectivity index (χ2v) is 7.37. The summed E-state index contributed by atoms with van der Waals surface area (Å²) in [6, 6.07) is 9.85. The van der Waals surface area contributed by atoms with E-state index >= 15 is 0 Å². The van der Waals surface area contributed by atoms with Gasteiger partial charge in [-0.25, -0.2) is 9.18 Å². The first-order chi connectivity index (χ1) is 13.8. The standard InChI is InChI=1S/C21H19Cl2FN2O3/c1-2-29-21(28)15-10-19(12-3-6-14(24)7-4-12)26(11-18(15)25)20(27)13-5-8-16(22)17(23)9-13/h3-9,19H,2,10-11,25H2,1H3. The number of benzene rings is 2. The molecule has 0 fully saturated rings. The molecule has 1 atom stereocenters. The van der Waals surface area contributed by atoms with Crippen LogP contribution in [0.5, 0.6) is 0 Å². The Hall–Kier alpha value is -2.57. The van der Waals surface area contributed by atoms with Crippen LogP contribution < -0.4 is 5.73 Å². The van der Waals surface area contributed by atoms with Crippen LogP contribution in [0.4, 0.5) is 4.39 Å². The number of halogens is 3. The molecular weight excluding hydrogens is 418 g/mol. The summed E-state index contributed by atoms with van der Waals surface area (Å²) in [6.45, 7) is 1.94. The minimum absolute atomic E-state index is 0.0231. The Labute approximate surface area is 177 Å². The lowest BCUT2D eigenvalue weighted by Crippen LogP contribution is -2.42. The molecule has 1 aliphatic rings. The van der Waals surface area contributed by atoms with Gasteiger partial charge in [-0.2, -0.15) is 0 Å². The average Bonchev–Trinajstić information content (AvgIpc) is 2.70. The third-order valence-corrected chi connectivity index (χ3v) is 5.45. The van der Waals surface area contributed by atoms with Gasteiger partial charge in [-0.3, -0.25) is 4.79 Å². The van der Waals surface area contributed by atoms with Gasteiger partial charge in [0.25, 0.3) is 5.91 Å². The van der Waals surface area contributed by atoms with Crippen LogP contribution in [0.25, 0.3) is 0 Å². The summed E-state index contributed by atoms with van der Waals surface area (Å²) >= 11 is 12.0. The van der Waals surface area contributed by atoms with Gasteiger partial charge in [-0.15, -0.1) is 0 Å². The third kappa shape index (κ3) is 4.54. The molecule has 152 valence electrons. The summed E-state index contributed by atoms with van der Waals surface area (Å²) in [5.74, 6) is -1.24. The molecule has 0 aromatic heterocycles. The predicted octanol–water partition coefficient (Wildman–Crippen LogP) is 4.50. The lowest BCUT2D eigenvalue weighted by atomic mass is 9.91. The van der Waals surface area contributed by atoms with Crippen molar-refractivity contribution in [2.24, 2.45) is 5.73 Å².